The van der Waals surface area contributed by atoms with Crippen LogP contribution in [0, 0.1) is 13.8 Å². The minimum absolute atomic E-state index is 0.173. The smallest absolute Gasteiger partial charge is 0.0811 e. The molecule has 1 atom stereocenters. The number of aliphatic hydroxyl groups is 2. The van der Waals surface area contributed by atoms with Gasteiger partial charge in [-0.1, -0.05) is 23.8 Å². The molecular weight excluding hydrogens is 164 g/mol. The van der Waals surface area contributed by atoms with Crippen molar-refractivity contribution in [1.82, 2.24) is 0 Å². The molecule has 1 unspecified atom stereocenters. The summed E-state index contributed by atoms with van der Waals surface area (Å²) < 4.78 is 0. The van der Waals surface area contributed by atoms with Crippen LogP contribution in [0.3, 0.4) is 0 Å². The number of hydrogen-bond acceptors (Lipinski definition) is 2. The standard InChI is InChI=1S/C11H16O2/c1-8-3-4-9(2)10(5-8)6-11(13)7-12/h3-5,11-13H,6-7H2,1-2H3. The molecule has 1 aromatic carbocycles. The third-order valence-corrected chi connectivity index (χ3v) is 2.17. The molecule has 72 valence electrons. The Balaban J connectivity index is 2.81. The molecule has 0 amide bonds. The highest BCUT2D eigenvalue weighted by atomic mass is 16.3. The van der Waals surface area contributed by atoms with E-state index in [1.165, 1.54) is 5.56 Å². The molecule has 13 heavy (non-hydrogen) atoms. The first-order chi connectivity index (χ1) is 6.13. The van der Waals surface area contributed by atoms with Gasteiger partial charge in [-0.3, -0.25) is 0 Å². The van der Waals surface area contributed by atoms with Crippen LogP contribution in [0.15, 0.2) is 18.2 Å². The van der Waals surface area contributed by atoms with Gasteiger partial charge in [0.2, 0.25) is 0 Å². The summed E-state index contributed by atoms with van der Waals surface area (Å²) in [5.74, 6) is 0. The highest BCUT2D eigenvalue weighted by Gasteiger charge is 2.05. The van der Waals surface area contributed by atoms with E-state index in [9.17, 15) is 5.11 Å². The van der Waals surface area contributed by atoms with Gasteiger partial charge in [0.15, 0.2) is 0 Å². The third kappa shape index (κ3) is 2.83. The number of aryl methyl sites for hydroxylation is 2. The van der Waals surface area contributed by atoms with Gasteiger partial charge in [0.1, 0.15) is 0 Å². The average Bonchev–Trinajstić information content (AvgIpc) is 2.11. The zero-order chi connectivity index (χ0) is 9.84. The van der Waals surface area contributed by atoms with Crippen molar-refractivity contribution in [3.63, 3.8) is 0 Å². The SMILES string of the molecule is Cc1ccc(C)c(CC(O)CO)c1. The molecule has 0 fully saturated rings. The fourth-order valence-electron chi connectivity index (χ4n) is 1.34. The minimum atomic E-state index is -0.638. The van der Waals surface area contributed by atoms with E-state index in [0.717, 1.165) is 11.1 Å². The fourth-order valence-corrected chi connectivity index (χ4v) is 1.34. The van der Waals surface area contributed by atoms with Crippen LogP contribution in [-0.4, -0.2) is 22.9 Å². The lowest BCUT2D eigenvalue weighted by molar-refractivity contribution is 0.0954. The number of rotatable bonds is 3. The van der Waals surface area contributed by atoms with Crippen molar-refractivity contribution in [2.45, 2.75) is 26.4 Å². The summed E-state index contributed by atoms with van der Waals surface area (Å²) in [4.78, 5) is 0. The molecule has 0 saturated heterocycles. The first-order valence-corrected chi connectivity index (χ1v) is 4.48. The molecule has 0 radical (unpaired) electrons. The predicted molar refractivity (Wildman–Crippen MR) is 52.7 cm³/mol. The van der Waals surface area contributed by atoms with Gasteiger partial charge in [0.05, 0.1) is 12.7 Å². The Morgan fingerprint density at radius 3 is 2.62 bits per heavy atom. The lowest BCUT2D eigenvalue weighted by Crippen LogP contribution is -2.15. The summed E-state index contributed by atoms with van der Waals surface area (Å²) in [7, 11) is 0. The monoisotopic (exact) mass is 180 g/mol. The van der Waals surface area contributed by atoms with Crippen molar-refractivity contribution >= 4 is 0 Å². The Morgan fingerprint density at radius 1 is 1.31 bits per heavy atom. The second-order valence-electron chi connectivity index (χ2n) is 3.47. The highest BCUT2D eigenvalue weighted by molar-refractivity contribution is 5.30. The molecule has 1 rings (SSSR count). The van der Waals surface area contributed by atoms with Gasteiger partial charge < -0.3 is 10.2 Å². The van der Waals surface area contributed by atoms with E-state index in [0.29, 0.717) is 6.42 Å². The number of benzene rings is 1. The molecule has 1 aromatic rings. The quantitative estimate of drug-likeness (QED) is 0.733. The Labute approximate surface area is 78.8 Å². The fraction of sp³-hybridized carbons (Fsp3) is 0.455. The summed E-state index contributed by atoms with van der Waals surface area (Å²) >= 11 is 0. The third-order valence-electron chi connectivity index (χ3n) is 2.17. The van der Waals surface area contributed by atoms with Crippen molar-refractivity contribution < 1.29 is 10.2 Å². The van der Waals surface area contributed by atoms with Crippen LogP contribution >= 0.6 is 0 Å². The van der Waals surface area contributed by atoms with Gasteiger partial charge in [-0.15, -0.1) is 0 Å². The second kappa shape index (κ2) is 4.40. The van der Waals surface area contributed by atoms with Crippen LogP contribution < -0.4 is 0 Å². The van der Waals surface area contributed by atoms with Crippen molar-refractivity contribution in [2.24, 2.45) is 0 Å². The van der Waals surface area contributed by atoms with E-state index in [-0.39, 0.29) is 6.61 Å². The maximum absolute atomic E-state index is 9.28. The van der Waals surface area contributed by atoms with Gasteiger partial charge in [0, 0.05) is 6.42 Å². The molecule has 0 heterocycles. The Kier molecular flexibility index (Phi) is 3.46. The van der Waals surface area contributed by atoms with Crippen LogP contribution in [0.5, 0.6) is 0 Å². The Bertz CT molecular complexity index is 281. The maximum atomic E-state index is 9.28. The molecule has 2 heteroatoms. The number of aliphatic hydroxyl groups excluding tert-OH is 2. The van der Waals surface area contributed by atoms with Crippen molar-refractivity contribution in [3.8, 4) is 0 Å². The van der Waals surface area contributed by atoms with Crippen molar-refractivity contribution in [3.05, 3.63) is 34.9 Å². The predicted octanol–water partition coefficient (Wildman–Crippen LogP) is 1.20. The van der Waals surface area contributed by atoms with E-state index < -0.39 is 6.10 Å². The summed E-state index contributed by atoms with van der Waals surface area (Å²) in [5.41, 5.74) is 3.46. The van der Waals surface area contributed by atoms with Crippen LogP contribution in [0.25, 0.3) is 0 Å². The van der Waals surface area contributed by atoms with E-state index in [2.05, 4.69) is 0 Å². The molecule has 0 saturated carbocycles. The largest absolute Gasteiger partial charge is 0.394 e. The highest BCUT2D eigenvalue weighted by Crippen LogP contribution is 2.12. The summed E-state index contributed by atoms with van der Waals surface area (Å²) in [6.07, 6.45) is -0.107. The molecular formula is C11H16O2. The molecule has 0 aliphatic carbocycles. The van der Waals surface area contributed by atoms with Crippen molar-refractivity contribution in [1.29, 1.82) is 0 Å². The van der Waals surface area contributed by atoms with E-state index in [1.54, 1.807) is 0 Å². The van der Waals surface area contributed by atoms with Crippen LogP contribution in [0.2, 0.25) is 0 Å². The zero-order valence-corrected chi connectivity index (χ0v) is 8.12. The van der Waals surface area contributed by atoms with Crippen molar-refractivity contribution in [2.75, 3.05) is 6.61 Å². The zero-order valence-electron chi connectivity index (χ0n) is 8.12. The average molecular weight is 180 g/mol. The molecule has 0 spiro atoms. The number of hydrogen-bond donors (Lipinski definition) is 2. The lowest BCUT2D eigenvalue weighted by Gasteiger charge is -2.10. The van der Waals surface area contributed by atoms with Crippen LogP contribution in [0.4, 0.5) is 0 Å². The van der Waals surface area contributed by atoms with Gasteiger partial charge in [-0.2, -0.15) is 0 Å². The lowest BCUT2D eigenvalue weighted by atomic mass is 10.0. The molecule has 2 N–H and O–H groups in total. The summed E-state index contributed by atoms with van der Waals surface area (Å²) in [6.45, 7) is 3.86. The van der Waals surface area contributed by atoms with E-state index in [4.69, 9.17) is 5.11 Å². The van der Waals surface area contributed by atoms with Gasteiger partial charge in [-0.25, -0.2) is 0 Å². The topological polar surface area (TPSA) is 40.5 Å². The van der Waals surface area contributed by atoms with Gasteiger partial charge in [-0.05, 0) is 25.0 Å². The normalized spacial score (nSPS) is 12.9. The van der Waals surface area contributed by atoms with Gasteiger partial charge in [0.25, 0.3) is 0 Å². The Morgan fingerprint density at radius 2 is 2.00 bits per heavy atom. The summed E-state index contributed by atoms with van der Waals surface area (Å²) in [6, 6.07) is 6.13. The van der Waals surface area contributed by atoms with Gasteiger partial charge >= 0.3 is 0 Å². The maximum Gasteiger partial charge on any atom is 0.0811 e. The molecule has 2 nitrogen and oxygen atoms in total. The van der Waals surface area contributed by atoms with Crippen LogP contribution in [0.1, 0.15) is 16.7 Å². The minimum Gasteiger partial charge on any atom is -0.394 e. The van der Waals surface area contributed by atoms with Crippen LogP contribution in [-0.2, 0) is 6.42 Å². The first kappa shape index (κ1) is 10.2. The van der Waals surface area contributed by atoms with E-state index in [1.807, 2.05) is 32.0 Å². The molecule has 0 aliphatic heterocycles. The Hall–Kier alpha value is -0.860. The van der Waals surface area contributed by atoms with E-state index >= 15 is 0 Å². The second-order valence-corrected chi connectivity index (χ2v) is 3.47. The first-order valence-electron chi connectivity index (χ1n) is 4.48. The molecule has 0 aliphatic rings. The summed E-state index contributed by atoms with van der Waals surface area (Å²) in [5, 5.41) is 18.0. The molecule has 0 bridgehead atoms. The molecule has 0 aromatic heterocycles.